The van der Waals surface area contributed by atoms with Crippen molar-refractivity contribution >= 4 is 0 Å². The zero-order valence-electron chi connectivity index (χ0n) is 22.0. The van der Waals surface area contributed by atoms with E-state index < -0.39 is 11.6 Å². The van der Waals surface area contributed by atoms with Crippen LogP contribution in [0.5, 0.6) is 11.5 Å². The summed E-state index contributed by atoms with van der Waals surface area (Å²) in [6.07, 6.45) is 8.33. The van der Waals surface area contributed by atoms with E-state index >= 15 is 0 Å². The maximum atomic E-state index is 14.7. The van der Waals surface area contributed by atoms with Crippen LogP contribution >= 0.6 is 0 Å². The van der Waals surface area contributed by atoms with Gasteiger partial charge in [-0.15, -0.1) is 0 Å². The lowest BCUT2D eigenvalue weighted by atomic mass is 9.76. The molecule has 1 heterocycles. The molecular weight excluding hydrogens is 451 g/mol. The summed E-state index contributed by atoms with van der Waals surface area (Å²) in [5.41, 5.74) is 1.66. The first kappa shape index (κ1) is 27.0. The van der Waals surface area contributed by atoms with Crippen LogP contribution in [-0.4, -0.2) is 15.7 Å². The fourth-order valence-corrected chi connectivity index (χ4v) is 3.87. The Morgan fingerprint density at radius 1 is 1.08 bits per heavy atom. The molecule has 0 aliphatic carbocycles. The Kier molecular flexibility index (Phi) is 9.29. The number of rotatable bonds is 12. The highest BCUT2D eigenvalue weighted by atomic mass is 19.1. The fourth-order valence-electron chi connectivity index (χ4n) is 3.87. The first-order valence-electron chi connectivity index (χ1n) is 12.4. The molecule has 0 saturated carbocycles. The van der Waals surface area contributed by atoms with Gasteiger partial charge in [0.2, 0.25) is 0 Å². The first-order chi connectivity index (χ1) is 17.2. The summed E-state index contributed by atoms with van der Waals surface area (Å²) in [4.78, 5) is 4.50. The quantitative estimate of drug-likeness (QED) is 0.192. The van der Waals surface area contributed by atoms with Gasteiger partial charge in [0.15, 0.2) is 0 Å². The van der Waals surface area contributed by atoms with Gasteiger partial charge in [0.25, 0.3) is 0 Å². The molecule has 0 aliphatic rings. The summed E-state index contributed by atoms with van der Waals surface area (Å²) in [7, 11) is 1.96. The third-order valence-electron chi connectivity index (χ3n) is 6.60. The molecule has 4 nitrogen and oxygen atoms in total. The molecule has 0 aliphatic heterocycles. The molecule has 2 aromatic carbocycles. The number of nitrogens with zero attached hydrogens (tertiary/aromatic N) is 2. The van der Waals surface area contributed by atoms with E-state index in [4.69, 9.17) is 9.47 Å². The Balaban J connectivity index is 1.98. The third kappa shape index (κ3) is 7.70. The lowest BCUT2D eigenvalue weighted by molar-refractivity contribution is 0.133. The second-order valence-corrected chi connectivity index (χ2v) is 9.58. The maximum absolute atomic E-state index is 14.7. The topological polar surface area (TPSA) is 36.3 Å². The Bertz CT molecular complexity index is 1190. The summed E-state index contributed by atoms with van der Waals surface area (Å²) in [6.45, 7) is 11.8. The number of ether oxygens (including phenoxy) is 2. The standard InChI is InChI=1S/C31H37FN2O2/c1-7-31(5,25(4)32)22-26(21-30-33-17-18-34(30)6)20-29(36-27-11-9-8-10-12-27)19-24(3)35-28-15-13-23(2)14-16-28/h8-20,25H,3,7,21-22H2,1-2,4-6H3/b26-20+,29-19+/t25-,31?/m1/s1. The number of hydrogen-bond donors (Lipinski definition) is 0. The van der Waals surface area contributed by atoms with Crippen LogP contribution in [0.3, 0.4) is 0 Å². The molecule has 0 spiro atoms. The molecule has 3 aromatic rings. The van der Waals surface area contributed by atoms with Crippen molar-refractivity contribution in [2.24, 2.45) is 12.5 Å². The summed E-state index contributed by atoms with van der Waals surface area (Å²) in [6, 6.07) is 17.3. The van der Waals surface area contributed by atoms with Crippen LogP contribution in [0.2, 0.25) is 0 Å². The number of para-hydroxylation sites is 1. The zero-order valence-corrected chi connectivity index (χ0v) is 22.0. The van der Waals surface area contributed by atoms with E-state index in [1.54, 1.807) is 19.2 Å². The van der Waals surface area contributed by atoms with Gasteiger partial charge in [-0.1, -0.05) is 61.9 Å². The predicted molar refractivity (Wildman–Crippen MR) is 145 cm³/mol. The second kappa shape index (κ2) is 12.4. The molecule has 36 heavy (non-hydrogen) atoms. The molecule has 2 atom stereocenters. The van der Waals surface area contributed by atoms with Crippen LogP contribution in [0.25, 0.3) is 0 Å². The van der Waals surface area contributed by atoms with Crippen LogP contribution in [0, 0.1) is 12.3 Å². The number of aromatic nitrogens is 2. The van der Waals surface area contributed by atoms with Crippen LogP contribution in [0.15, 0.2) is 103 Å². The molecule has 0 bridgehead atoms. The van der Waals surface area contributed by atoms with E-state index in [-0.39, 0.29) is 0 Å². The van der Waals surface area contributed by atoms with Gasteiger partial charge < -0.3 is 14.0 Å². The van der Waals surface area contributed by atoms with Gasteiger partial charge in [0.05, 0.1) is 0 Å². The van der Waals surface area contributed by atoms with Gasteiger partial charge in [-0.2, -0.15) is 0 Å². The van der Waals surface area contributed by atoms with Crippen LogP contribution in [-0.2, 0) is 13.5 Å². The molecule has 0 amide bonds. The molecule has 1 aromatic heterocycles. The van der Waals surface area contributed by atoms with Crippen molar-refractivity contribution in [2.75, 3.05) is 0 Å². The molecule has 0 radical (unpaired) electrons. The average molecular weight is 489 g/mol. The van der Waals surface area contributed by atoms with Gasteiger partial charge in [-0.25, -0.2) is 9.37 Å². The molecule has 0 N–H and O–H groups in total. The summed E-state index contributed by atoms with van der Waals surface area (Å²) < 4.78 is 28.9. The molecule has 1 unspecified atom stereocenters. The Hall–Kier alpha value is -3.60. The van der Waals surface area contributed by atoms with E-state index in [0.29, 0.717) is 42.3 Å². The van der Waals surface area contributed by atoms with Crippen molar-refractivity contribution in [2.45, 2.75) is 53.1 Å². The largest absolute Gasteiger partial charge is 0.458 e. The van der Waals surface area contributed by atoms with Crippen molar-refractivity contribution in [1.82, 2.24) is 9.55 Å². The molecule has 190 valence electrons. The van der Waals surface area contributed by atoms with Crippen molar-refractivity contribution in [1.29, 1.82) is 0 Å². The molecule has 5 heteroatoms. The van der Waals surface area contributed by atoms with Crippen LogP contribution in [0.4, 0.5) is 4.39 Å². The van der Waals surface area contributed by atoms with Crippen LogP contribution < -0.4 is 9.47 Å². The number of halogens is 1. The lowest BCUT2D eigenvalue weighted by Crippen LogP contribution is -2.27. The number of imidazole rings is 1. The van der Waals surface area contributed by atoms with Gasteiger partial charge in [-0.3, -0.25) is 0 Å². The zero-order chi connectivity index (χ0) is 26.1. The van der Waals surface area contributed by atoms with E-state index in [1.165, 1.54) is 0 Å². The van der Waals surface area contributed by atoms with Gasteiger partial charge in [0.1, 0.15) is 35.0 Å². The SMILES string of the molecule is C=C(/C=C(\C=C(/Cc1nccn1C)CC(C)(CC)[C@@H](C)F)Oc1ccccc1)Oc1ccc(C)cc1. The van der Waals surface area contributed by atoms with Crippen LogP contribution in [0.1, 0.15) is 45.0 Å². The fraction of sp³-hybridized carbons (Fsp3) is 0.323. The third-order valence-corrected chi connectivity index (χ3v) is 6.60. The number of aryl methyl sites for hydroxylation is 2. The highest BCUT2D eigenvalue weighted by Gasteiger charge is 2.31. The maximum Gasteiger partial charge on any atom is 0.131 e. The Labute approximate surface area is 214 Å². The van der Waals surface area contributed by atoms with Crippen molar-refractivity contribution < 1.29 is 13.9 Å². The van der Waals surface area contributed by atoms with E-state index in [9.17, 15) is 4.39 Å². The van der Waals surface area contributed by atoms with Crippen molar-refractivity contribution in [3.8, 4) is 11.5 Å². The molecule has 0 fully saturated rings. The smallest absolute Gasteiger partial charge is 0.131 e. The molecule has 0 saturated heterocycles. The second-order valence-electron chi connectivity index (χ2n) is 9.58. The minimum Gasteiger partial charge on any atom is -0.458 e. The summed E-state index contributed by atoms with van der Waals surface area (Å²) in [5.74, 6) is 3.29. The normalized spacial score (nSPS) is 14.7. The van der Waals surface area contributed by atoms with E-state index in [0.717, 1.165) is 17.0 Å². The summed E-state index contributed by atoms with van der Waals surface area (Å²) in [5, 5.41) is 0. The van der Waals surface area contributed by atoms with Gasteiger partial charge >= 0.3 is 0 Å². The Morgan fingerprint density at radius 3 is 2.33 bits per heavy atom. The van der Waals surface area contributed by atoms with Crippen molar-refractivity contribution in [3.63, 3.8) is 0 Å². The number of benzene rings is 2. The first-order valence-corrected chi connectivity index (χ1v) is 12.4. The van der Waals surface area contributed by atoms with E-state index in [2.05, 4.69) is 11.6 Å². The lowest BCUT2D eigenvalue weighted by Gasteiger charge is -2.31. The van der Waals surface area contributed by atoms with E-state index in [1.807, 2.05) is 99.3 Å². The van der Waals surface area contributed by atoms with Gasteiger partial charge in [0, 0.05) is 37.4 Å². The highest BCUT2D eigenvalue weighted by Crippen LogP contribution is 2.36. The minimum atomic E-state index is -0.963. The summed E-state index contributed by atoms with van der Waals surface area (Å²) >= 11 is 0. The Morgan fingerprint density at radius 2 is 1.75 bits per heavy atom. The predicted octanol–water partition coefficient (Wildman–Crippen LogP) is 7.92. The minimum absolute atomic E-state index is 0.439. The van der Waals surface area contributed by atoms with Gasteiger partial charge in [-0.05, 0) is 57.0 Å². The monoisotopic (exact) mass is 488 g/mol. The average Bonchev–Trinajstić information content (AvgIpc) is 3.25. The number of alkyl halides is 1. The number of allylic oxidation sites excluding steroid dienone is 3. The highest BCUT2D eigenvalue weighted by molar-refractivity contribution is 5.34. The van der Waals surface area contributed by atoms with Crippen molar-refractivity contribution in [3.05, 3.63) is 114 Å². The number of hydrogen-bond acceptors (Lipinski definition) is 3. The molecular formula is C31H37FN2O2. The molecule has 3 rings (SSSR count).